The fraction of sp³-hybridized carbons (Fsp3) is 0.267. The minimum Gasteiger partial charge on any atom is -0.469 e. The van der Waals surface area contributed by atoms with E-state index in [9.17, 15) is 9.59 Å². The number of benzene rings is 1. The van der Waals surface area contributed by atoms with Crippen LogP contribution >= 0.6 is 34.5 Å². The van der Waals surface area contributed by atoms with Gasteiger partial charge in [0.15, 0.2) is 0 Å². The van der Waals surface area contributed by atoms with Gasteiger partial charge in [-0.25, -0.2) is 4.98 Å². The van der Waals surface area contributed by atoms with Gasteiger partial charge in [-0.05, 0) is 19.1 Å². The van der Waals surface area contributed by atoms with Crippen molar-refractivity contribution in [2.24, 2.45) is 0 Å². The number of hydrogen-bond acceptors (Lipinski definition) is 5. The lowest BCUT2D eigenvalue weighted by molar-refractivity contribution is -0.140. The molecule has 8 heteroatoms. The van der Waals surface area contributed by atoms with Gasteiger partial charge in [-0.1, -0.05) is 29.3 Å². The summed E-state index contributed by atoms with van der Waals surface area (Å²) in [5, 5.41) is 4.20. The SMILES string of the molecule is COC(=O)CCNC(=O)c1sc(-c2c(Cl)cccc2Cl)nc1C. The summed E-state index contributed by atoms with van der Waals surface area (Å²) in [5.74, 6) is -0.673. The molecule has 0 radical (unpaired) electrons. The molecule has 0 fully saturated rings. The average Bonchev–Trinajstić information content (AvgIpc) is 2.88. The van der Waals surface area contributed by atoms with E-state index < -0.39 is 0 Å². The van der Waals surface area contributed by atoms with Crippen molar-refractivity contribution in [3.8, 4) is 10.6 Å². The second-order valence-electron chi connectivity index (χ2n) is 4.61. The lowest BCUT2D eigenvalue weighted by atomic mass is 10.2. The molecule has 1 amide bonds. The van der Waals surface area contributed by atoms with Crippen LogP contribution in [0, 0.1) is 6.92 Å². The Balaban J connectivity index is 2.18. The van der Waals surface area contributed by atoms with Crippen LogP contribution in [0.25, 0.3) is 10.6 Å². The highest BCUT2D eigenvalue weighted by Crippen LogP contribution is 2.37. The number of carbonyl (C=O) groups excluding carboxylic acids is 2. The van der Waals surface area contributed by atoms with Crippen molar-refractivity contribution in [3.63, 3.8) is 0 Å². The number of hydrogen-bond donors (Lipinski definition) is 1. The molecule has 0 saturated heterocycles. The number of ether oxygens (including phenoxy) is 1. The van der Waals surface area contributed by atoms with Crippen molar-refractivity contribution in [2.45, 2.75) is 13.3 Å². The van der Waals surface area contributed by atoms with Crippen LogP contribution in [0.2, 0.25) is 10.0 Å². The summed E-state index contributed by atoms with van der Waals surface area (Å²) in [6.07, 6.45) is 0.114. The molecule has 0 aliphatic rings. The molecule has 0 spiro atoms. The van der Waals surface area contributed by atoms with Crippen LogP contribution in [0.1, 0.15) is 21.8 Å². The monoisotopic (exact) mass is 372 g/mol. The van der Waals surface area contributed by atoms with E-state index in [2.05, 4.69) is 15.0 Å². The van der Waals surface area contributed by atoms with E-state index in [1.54, 1.807) is 25.1 Å². The first-order valence-electron chi connectivity index (χ1n) is 6.71. The number of aromatic nitrogens is 1. The van der Waals surface area contributed by atoms with E-state index in [4.69, 9.17) is 23.2 Å². The van der Waals surface area contributed by atoms with E-state index in [-0.39, 0.29) is 24.8 Å². The molecular formula is C15H14Cl2N2O3S. The fourth-order valence-electron chi connectivity index (χ4n) is 1.88. The Morgan fingerprint density at radius 3 is 2.57 bits per heavy atom. The first kappa shape index (κ1) is 17.7. The quantitative estimate of drug-likeness (QED) is 0.812. The van der Waals surface area contributed by atoms with Crippen molar-refractivity contribution in [3.05, 3.63) is 38.8 Å². The number of amides is 1. The van der Waals surface area contributed by atoms with Crippen LogP contribution in [-0.4, -0.2) is 30.5 Å². The predicted molar refractivity (Wildman–Crippen MR) is 91.3 cm³/mol. The number of methoxy groups -OCH3 is 1. The largest absolute Gasteiger partial charge is 0.469 e. The van der Waals surface area contributed by atoms with Crippen molar-refractivity contribution in [1.82, 2.24) is 10.3 Å². The van der Waals surface area contributed by atoms with Gasteiger partial charge in [0.05, 0.1) is 29.3 Å². The van der Waals surface area contributed by atoms with Gasteiger partial charge in [-0.2, -0.15) is 0 Å². The van der Waals surface area contributed by atoms with Crippen LogP contribution in [-0.2, 0) is 9.53 Å². The van der Waals surface area contributed by atoms with Crippen molar-refractivity contribution in [1.29, 1.82) is 0 Å². The highest BCUT2D eigenvalue weighted by Gasteiger charge is 2.19. The Kier molecular flexibility index (Phi) is 5.98. The molecule has 1 aromatic carbocycles. The molecule has 2 rings (SSSR count). The molecule has 2 aromatic rings. The molecule has 1 N–H and O–H groups in total. The standard InChI is InChI=1S/C15H14Cl2N2O3S/c1-8-13(14(21)18-7-6-11(20)22-2)23-15(19-8)12-9(16)4-3-5-10(12)17/h3-5H,6-7H2,1-2H3,(H,18,21). The summed E-state index contributed by atoms with van der Waals surface area (Å²) in [6.45, 7) is 1.94. The third kappa shape index (κ3) is 4.22. The second-order valence-corrected chi connectivity index (χ2v) is 6.43. The maximum Gasteiger partial charge on any atom is 0.307 e. The van der Waals surface area contributed by atoms with Crippen LogP contribution in [0.5, 0.6) is 0 Å². The van der Waals surface area contributed by atoms with Crippen molar-refractivity contribution >= 4 is 46.4 Å². The van der Waals surface area contributed by atoms with Crippen LogP contribution in [0.4, 0.5) is 0 Å². The van der Waals surface area contributed by atoms with E-state index in [0.717, 1.165) is 0 Å². The number of aryl methyl sites for hydroxylation is 1. The van der Waals surface area contributed by atoms with Gasteiger partial charge in [0, 0.05) is 12.1 Å². The van der Waals surface area contributed by atoms with Gasteiger partial charge in [0.2, 0.25) is 0 Å². The van der Waals surface area contributed by atoms with E-state index in [1.807, 2.05) is 0 Å². The van der Waals surface area contributed by atoms with E-state index >= 15 is 0 Å². The van der Waals surface area contributed by atoms with E-state index in [0.29, 0.717) is 31.2 Å². The smallest absolute Gasteiger partial charge is 0.307 e. The molecule has 0 aliphatic carbocycles. The Labute approximate surface area is 147 Å². The topological polar surface area (TPSA) is 68.3 Å². The molecule has 0 saturated carbocycles. The Morgan fingerprint density at radius 2 is 1.96 bits per heavy atom. The average molecular weight is 373 g/mol. The molecule has 1 aromatic heterocycles. The second kappa shape index (κ2) is 7.77. The van der Waals surface area contributed by atoms with E-state index in [1.165, 1.54) is 18.4 Å². The molecule has 0 atom stereocenters. The Bertz CT molecular complexity index is 726. The molecule has 0 unspecified atom stereocenters. The lowest BCUT2D eigenvalue weighted by Gasteiger charge is -2.03. The zero-order valence-electron chi connectivity index (χ0n) is 12.5. The number of thiazole rings is 1. The zero-order chi connectivity index (χ0) is 17.0. The molecule has 1 heterocycles. The molecule has 0 aliphatic heterocycles. The minimum absolute atomic E-state index is 0.114. The van der Waals surface area contributed by atoms with Gasteiger partial charge in [-0.15, -0.1) is 11.3 Å². The number of carbonyl (C=O) groups is 2. The highest BCUT2D eigenvalue weighted by molar-refractivity contribution is 7.17. The summed E-state index contributed by atoms with van der Waals surface area (Å²) >= 11 is 13.5. The van der Waals surface area contributed by atoms with Gasteiger partial charge in [-0.3, -0.25) is 9.59 Å². The lowest BCUT2D eigenvalue weighted by Crippen LogP contribution is -2.26. The number of halogens is 2. The maximum absolute atomic E-state index is 12.2. The number of rotatable bonds is 5. The Morgan fingerprint density at radius 1 is 1.30 bits per heavy atom. The van der Waals surface area contributed by atoms with Crippen molar-refractivity contribution < 1.29 is 14.3 Å². The Hall–Kier alpha value is -1.63. The molecule has 23 heavy (non-hydrogen) atoms. The summed E-state index contributed by atoms with van der Waals surface area (Å²) in [4.78, 5) is 28.1. The maximum atomic E-state index is 12.2. The van der Waals surface area contributed by atoms with Crippen molar-refractivity contribution in [2.75, 3.05) is 13.7 Å². The summed E-state index contributed by atoms with van der Waals surface area (Å²) < 4.78 is 4.52. The van der Waals surface area contributed by atoms with Gasteiger partial charge < -0.3 is 10.1 Å². The third-order valence-electron chi connectivity index (χ3n) is 3.02. The zero-order valence-corrected chi connectivity index (χ0v) is 14.8. The fourth-order valence-corrected chi connectivity index (χ4v) is 3.62. The molecule has 5 nitrogen and oxygen atoms in total. The molecular weight excluding hydrogens is 359 g/mol. The first-order valence-corrected chi connectivity index (χ1v) is 8.28. The van der Waals surface area contributed by atoms with Crippen LogP contribution < -0.4 is 5.32 Å². The van der Waals surface area contributed by atoms with Gasteiger partial charge in [0.25, 0.3) is 5.91 Å². The number of nitrogens with zero attached hydrogens (tertiary/aromatic N) is 1. The number of esters is 1. The van der Waals surface area contributed by atoms with Gasteiger partial charge >= 0.3 is 5.97 Å². The number of nitrogens with one attached hydrogen (secondary N) is 1. The van der Waals surface area contributed by atoms with Gasteiger partial charge in [0.1, 0.15) is 9.88 Å². The molecule has 122 valence electrons. The normalized spacial score (nSPS) is 10.4. The summed E-state index contributed by atoms with van der Waals surface area (Å²) in [5.41, 5.74) is 1.19. The van der Waals surface area contributed by atoms with Crippen LogP contribution in [0.3, 0.4) is 0 Å². The van der Waals surface area contributed by atoms with Crippen LogP contribution in [0.15, 0.2) is 18.2 Å². The minimum atomic E-state index is -0.380. The molecule has 0 bridgehead atoms. The first-order chi connectivity index (χ1) is 10.9. The summed E-state index contributed by atoms with van der Waals surface area (Å²) in [6, 6.07) is 5.18. The highest BCUT2D eigenvalue weighted by atomic mass is 35.5. The summed E-state index contributed by atoms with van der Waals surface area (Å²) in [7, 11) is 1.30. The third-order valence-corrected chi connectivity index (χ3v) is 4.83. The predicted octanol–water partition coefficient (Wildman–Crippen LogP) is 3.72.